The van der Waals surface area contributed by atoms with E-state index in [9.17, 15) is 14.0 Å². The molecule has 0 bridgehead atoms. The van der Waals surface area contributed by atoms with E-state index in [1.54, 1.807) is 23.1 Å². The summed E-state index contributed by atoms with van der Waals surface area (Å²) in [5, 5.41) is 0. The van der Waals surface area contributed by atoms with E-state index in [1.807, 2.05) is 0 Å². The first kappa shape index (κ1) is 14.5. The van der Waals surface area contributed by atoms with Gasteiger partial charge in [0.1, 0.15) is 11.9 Å². The topological polar surface area (TPSA) is 62.4 Å². The average Bonchev–Trinajstić information content (AvgIpc) is 2.55. The third kappa shape index (κ3) is 2.92. The van der Waals surface area contributed by atoms with Crippen molar-refractivity contribution in [3.8, 4) is 0 Å². The van der Waals surface area contributed by atoms with Gasteiger partial charge in [0.25, 0.3) is 5.91 Å². The highest BCUT2D eigenvalue weighted by Crippen LogP contribution is 2.25. The fourth-order valence-electron chi connectivity index (χ4n) is 2.48. The molecule has 1 aliphatic heterocycles. The van der Waals surface area contributed by atoms with E-state index in [1.165, 1.54) is 24.4 Å². The Hall–Kier alpha value is -2.47. The maximum Gasteiger partial charge on any atom is 0.255 e. The van der Waals surface area contributed by atoms with Crippen LogP contribution >= 0.6 is 0 Å². The quantitative estimate of drug-likeness (QED) is 0.919. The molecule has 1 amide bonds. The molecular weight excluding hydrogens is 287 g/mol. The minimum absolute atomic E-state index is 0.208. The molecule has 1 saturated heterocycles. The van der Waals surface area contributed by atoms with E-state index in [4.69, 9.17) is 4.74 Å². The smallest absolute Gasteiger partial charge is 0.255 e. The highest BCUT2D eigenvalue weighted by atomic mass is 19.1. The van der Waals surface area contributed by atoms with Crippen molar-refractivity contribution in [2.45, 2.75) is 6.10 Å². The summed E-state index contributed by atoms with van der Waals surface area (Å²) in [5.74, 6) is -0.549. The number of hydrogen-bond donors (Lipinski definition) is 1. The average molecular weight is 302 g/mol. The van der Waals surface area contributed by atoms with Crippen LogP contribution in [-0.4, -0.2) is 35.5 Å². The molecule has 1 aromatic carbocycles. The molecule has 0 saturated carbocycles. The number of hydrogen-bond acceptors (Lipinski definition) is 3. The van der Waals surface area contributed by atoms with Gasteiger partial charge < -0.3 is 14.6 Å². The summed E-state index contributed by atoms with van der Waals surface area (Å²) < 4.78 is 19.4. The molecule has 0 aliphatic carbocycles. The van der Waals surface area contributed by atoms with Gasteiger partial charge in [0.15, 0.2) is 0 Å². The zero-order chi connectivity index (χ0) is 15.5. The van der Waals surface area contributed by atoms with Crippen molar-refractivity contribution in [2.24, 2.45) is 0 Å². The summed E-state index contributed by atoms with van der Waals surface area (Å²) in [6.45, 7) is 1.05. The summed E-state index contributed by atoms with van der Waals surface area (Å²) >= 11 is 0. The number of nitrogens with one attached hydrogen (secondary N) is 1. The Balaban J connectivity index is 1.78. The molecule has 6 heteroatoms. The summed E-state index contributed by atoms with van der Waals surface area (Å²) in [7, 11) is 0. The van der Waals surface area contributed by atoms with Crippen LogP contribution in [0.5, 0.6) is 0 Å². The zero-order valence-corrected chi connectivity index (χ0v) is 11.8. The fraction of sp³-hybridized carbons (Fsp3) is 0.250. The molecule has 22 heavy (non-hydrogen) atoms. The standard InChI is InChI=1S/C16H15FN2O3/c17-13-4-2-1-3-12(13)14-10-19(7-8-22-14)16(21)11-5-6-15(20)18-9-11/h1-6,9,14H,7-8,10H2,(H,18,20). The normalized spacial score (nSPS) is 18.2. The maximum atomic E-state index is 13.8. The van der Waals surface area contributed by atoms with Crippen LogP contribution in [0.2, 0.25) is 0 Å². The molecule has 1 N–H and O–H groups in total. The molecule has 1 aromatic heterocycles. The minimum Gasteiger partial charge on any atom is -0.370 e. The number of carbonyl (C=O) groups is 1. The van der Waals surface area contributed by atoms with Crippen LogP contribution in [0.15, 0.2) is 47.4 Å². The molecule has 2 heterocycles. The first-order valence-electron chi connectivity index (χ1n) is 6.99. The molecular formula is C16H15FN2O3. The lowest BCUT2D eigenvalue weighted by Crippen LogP contribution is -2.42. The van der Waals surface area contributed by atoms with Gasteiger partial charge in [-0.25, -0.2) is 4.39 Å². The number of carbonyl (C=O) groups excluding carboxylic acids is 1. The second-order valence-electron chi connectivity index (χ2n) is 5.07. The third-order valence-electron chi connectivity index (χ3n) is 3.64. The van der Waals surface area contributed by atoms with Crippen molar-refractivity contribution in [1.29, 1.82) is 0 Å². The van der Waals surface area contributed by atoms with E-state index in [0.717, 1.165) is 0 Å². The molecule has 0 spiro atoms. The molecule has 1 unspecified atom stereocenters. The van der Waals surface area contributed by atoms with E-state index in [-0.39, 0.29) is 23.8 Å². The Morgan fingerprint density at radius 1 is 1.27 bits per heavy atom. The van der Waals surface area contributed by atoms with Crippen molar-refractivity contribution in [3.05, 3.63) is 69.9 Å². The van der Waals surface area contributed by atoms with Gasteiger partial charge in [0.2, 0.25) is 5.56 Å². The van der Waals surface area contributed by atoms with Crippen LogP contribution in [0.4, 0.5) is 4.39 Å². The molecule has 1 fully saturated rings. The predicted octanol–water partition coefficient (Wildman–Crippen LogP) is 1.73. The number of aromatic amines is 1. The third-order valence-corrected chi connectivity index (χ3v) is 3.64. The number of benzene rings is 1. The van der Waals surface area contributed by atoms with Gasteiger partial charge in [-0.05, 0) is 12.1 Å². The first-order chi connectivity index (χ1) is 10.6. The number of morpholine rings is 1. The Bertz CT molecular complexity index is 724. The van der Waals surface area contributed by atoms with Crippen molar-refractivity contribution in [3.63, 3.8) is 0 Å². The van der Waals surface area contributed by atoms with Crippen molar-refractivity contribution in [2.75, 3.05) is 19.7 Å². The number of halogens is 1. The van der Waals surface area contributed by atoms with Crippen LogP contribution in [-0.2, 0) is 4.74 Å². The van der Waals surface area contributed by atoms with E-state index in [0.29, 0.717) is 24.3 Å². The maximum absolute atomic E-state index is 13.8. The molecule has 0 radical (unpaired) electrons. The van der Waals surface area contributed by atoms with Gasteiger partial charge in [-0.3, -0.25) is 9.59 Å². The Morgan fingerprint density at radius 2 is 2.09 bits per heavy atom. The van der Waals surface area contributed by atoms with Gasteiger partial charge in [-0.1, -0.05) is 18.2 Å². The van der Waals surface area contributed by atoms with Gasteiger partial charge >= 0.3 is 0 Å². The number of aromatic nitrogens is 1. The molecule has 5 nitrogen and oxygen atoms in total. The van der Waals surface area contributed by atoms with Crippen molar-refractivity contribution < 1.29 is 13.9 Å². The SMILES string of the molecule is O=C(c1ccc(=O)[nH]c1)N1CCOC(c2ccccc2F)C1. The van der Waals surface area contributed by atoms with E-state index < -0.39 is 6.10 Å². The number of amides is 1. The number of ether oxygens (including phenoxy) is 1. The zero-order valence-electron chi connectivity index (χ0n) is 11.8. The second-order valence-corrected chi connectivity index (χ2v) is 5.07. The van der Waals surface area contributed by atoms with Crippen molar-refractivity contribution in [1.82, 2.24) is 9.88 Å². The predicted molar refractivity (Wildman–Crippen MR) is 78.1 cm³/mol. The van der Waals surface area contributed by atoms with Gasteiger partial charge in [-0.2, -0.15) is 0 Å². The number of rotatable bonds is 2. The Kier molecular flexibility index (Phi) is 4.02. The summed E-state index contributed by atoms with van der Waals surface area (Å²) in [5.41, 5.74) is 0.581. The lowest BCUT2D eigenvalue weighted by atomic mass is 10.1. The first-order valence-corrected chi connectivity index (χ1v) is 6.99. The van der Waals surface area contributed by atoms with Crippen LogP contribution in [0.3, 0.4) is 0 Å². The summed E-state index contributed by atoms with van der Waals surface area (Å²) in [6.07, 6.45) is 0.903. The number of nitrogens with zero attached hydrogens (tertiary/aromatic N) is 1. The van der Waals surface area contributed by atoms with E-state index in [2.05, 4.69) is 4.98 Å². The summed E-state index contributed by atoms with van der Waals surface area (Å²) in [4.78, 5) is 27.6. The molecule has 3 rings (SSSR count). The largest absolute Gasteiger partial charge is 0.370 e. The summed E-state index contributed by atoms with van der Waals surface area (Å²) in [6, 6.07) is 9.18. The van der Waals surface area contributed by atoms with Crippen LogP contribution in [0.1, 0.15) is 22.0 Å². The lowest BCUT2D eigenvalue weighted by molar-refractivity contribution is -0.0243. The van der Waals surface area contributed by atoms with Crippen molar-refractivity contribution >= 4 is 5.91 Å². The van der Waals surface area contributed by atoms with E-state index >= 15 is 0 Å². The molecule has 1 atom stereocenters. The molecule has 2 aromatic rings. The molecule has 1 aliphatic rings. The van der Waals surface area contributed by atoms with Crippen LogP contribution in [0.25, 0.3) is 0 Å². The Labute approximate surface area is 126 Å². The van der Waals surface area contributed by atoms with Gasteiger partial charge in [-0.15, -0.1) is 0 Å². The molecule has 114 valence electrons. The highest BCUT2D eigenvalue weighted by Gasteiger charge is 2.27. The monoisotopic (exact) mass is 302 g/mol. The minimum atomic E-state index is -0.485. The van der Waals surface area contributed by atoms with Crippen LogP contribution < -0.4 is 5.56 Å². The second kappa shape index (κ2) is 6.11. The highest BCUT2D eigenvalue weighted by molar-refractivity contribution is 5.93. The fourth-order valence-corrected chi connectivity index (χ4v) is 2.48. The Morgan fingerprint density at radius 3 is 2.82 bits per heavy atom. The lowest BCUT2D eigenvalue weighted by Gasteiger charge is -2.33. The van der Waals surface area contributed by atoms with Gasteiger partial charge in [0, 0.05) is 24.4 Å². The number of H-pyrrole nitrogens is 1. The number of pyridine rings is 1. The van der Waals surface area contributed by atoms with Gasteiger partial charge in [0.05, 0.1) is 18.7 Å². The van der Waals surface area contributed by atoms with Crippen LogP contribution in [0, 0.1) is 5.82 Å².